The van der Waals surface area contributed by atoms with E-state index in [1.165, 1.54) is 12.1 Å². The SMILES string of the molecule is CN(C)[C@@H](CNC(=O)c1ccc(Cl)cc1[N+](=O)[O-])c1ccccc1Cl. The number of nitro benzene ring substituents is 1. The van der Waals surface area contributed by atoms with Crippen LogP contribution in [0.4, 0.5) is 5.69 Å². The zero-order valence-corrected chi connectivity index (χ0v) is 15.2. The fourth-order valence-electron chi connectivity index (χ4n) is 2.45. The van der Waals surface area contributed by atoms with Gasteiger partial charge in [-0.25, -0.2) is 0 Å². The highest BCUT2D eigenvalue weighted by Crippen LogP contribution is 2.26. The molecule has 25 heavy (non-hydrogen) atoms. The van der Waals surface area contributed by atoms with Crippen LogP contribution in [0.5, 0.6) is 0 Å². The number of carbonyl (C=O) groups is 1. The van der Waals surface area contributed by atoms with Crippen LogP contribution in [0.1, 0.15) is 22.0 Å². The molecule has 1 amide bonds. The summed E-state index contributed by atoms with van der Waals surface area (Å²) in [6, 6.07) is 11.1. The fraction of sp³-hybridized carbons (Fsp3) is 0.235. The predicted molar refractivity (Wildman–Crippen MR) is 98.3 cm³/mol. The molecule has 0 saturated carbocycles. The van der Waals surface area contributed by atoms with E-state index in [0.29, 0.717) is 5.02 Å². The number of carbonyl (C=O) groups excluding carboxylic acids is 1. The van der Waals surface area contributed by atoms with E-state index in [1.807, 2.05) is 37.2 Å². The van der Waals surface area contributed by atoms with Gasteiger partial charge in [0.05, 0.1) is 11.0 Å². The van der Waals surface area contributed by atoms with Crippen LogP contribution in [0, 0.1) is 10.1 Å². The highest BCUT2D eigenvalue weighted by Gasteiger charge is 2.23. The second kappa shape index (κ2) is 8.29. The Bertz CT molecular complexity index is 796. The first-order chi connectivity index (χ1) is 11.8. The van der Waals surface area contributed by atoms with Gasteiger partial charge in [-0.15, -0.1) is 0 Å². The summed E-state index contributed by atoms with van der Waals surface area (Å²) in [6.07, 6.45) is 0. The first-order valence-corrected chi connectivity index (χ1v) is 8.20. The Balaban J connectivity index is 2.20. The van der Waals surface area contributed by atoms with Gasteiger partial charge in [-0.05, 0) is 37.9 Å². The molecule has 8 heteroatoms. The Kier molecular flexibility index (Phi) is 6.36. The molecule has 2 rings (SSSR count). The summed E-state index contributed by atoms with van der Waals surface area (Å²) in [7, 11) is 3.73. The van der Waals surface area contributed by atoms with Crippen molar-refractivity contribution in [1.82, 2.24) is 10.2 Å². The molecule has 2 aromatic carbocycles. The number of rotatable bonds is 6. The number of hydrogen-bond acceptors (Lipinski definition) is 4. The van der Waals surface area contributed by atoms with Gasteiger partial charge < -0.3 is 10.2 Å². The Hall–Kier alpha value is -2.15. The van der Waals surface area contributed by atoms with Crippen LogP contribution in [-0.4, -0.2) is 36.4 Å². The van der Waals surface area contributed by atoms with Gasteiger partial charge in [-0.3, -0.25) is 14.9 Å². The first-order valence-electron chi connectivity index (χ1n) is 7.44. The Morgan fingerprint density at radius 1 is 1.24 bits per heavy atom. The summed E-state index contributed by atoms with van der Waals surface area (Å²) in [5.41, 5.74) is 0.496. The third-order valence-corrected chi connectivity index (χ3v) is 4.32. The molecule has 0 radical (unpaired) electrons. The third kappa shape index (κ3) is 4.69. The van der Waals surface area contributed by atoms with Crippen molar-refractivity contribution in [2.75, 3.05) is 20.6 Å². The minimum absolute atomic E-state index is 0.0361. The van der Waals surface area contributed by atoms with Crippen molar-refractivity contribution < 1.29 is 9.72 Å². The van der Waals surface area contributed by atoms with Crippen molar-refractivity contribution in [3.05, 3.63) is 73.8 Å². The Labute approximate surface area is 155 Å². The van der Waals surface area contributed by atoms with Crippen molar-refractivity contribution in [3.8, 4) is 0 Å². The summed E-state index contributed by atoms with van der Waals surface area (Å²) in [5.74, 6) is -0.540. The molecule has 0 heterocycles. The molecule has 6 nitrogen and oxygen atoms in total. The van der Waals surface area contributed by atoms with Gasteiger partial charge in [0.15, 0.2) is 0 Å². The molecular formula is C17H17Cl2N3O3. The van der Waals surface area contributed by atoms with E-state index in [0.717, 1.165) is 11.6 Å². The molecule has 0 aliphatic heterocycles. The highest BCUT2D eigenvalue weighted by atomic mass is 35.5. The van der Waals surface area contributed by atoms with Crippen LogP contribution >= 0.6 is 23.2 Å². The second-order valence-electron chi connectivity index (χ2n) is 5.63. The summed E-state index contributed by atoms with van der Waals surface area (Å²) >= 11 is 12.0. The summed E-state index contributed by atoms with van der Waals surface area (Å²) in [4.78, 5) is 24.8. The first kappa shape index (κ1) is 19.2. The number of amides is 1. The lowest BCUT2D eigenvalue weighted by Gasteiger charge is -2.26. The summed E-state index contributed by atoms with van der Waals surface area (Å²) in [5, 5.41) is 14.7. The van der Waals surface area contributed by atoms with Crippen molar-refractivity contribution >= 4 is 34.8 Å². The number of benzene rings is 2. The van der Waals surface area contributed by atoms with E-state index in [1.54, 1.807) is 6.07 Å². The van der Waals surface area contributed by atoms with Crippen molar-refractivity contribution in [3.63, 3.8) is 0 Å². The van der Waals surface area contributed by atoms with Crippen LogP contribution in [0.25, 0.3) is 0 Å². The lowest BCUT2D eigenvalue weighted by molar-refractivity contribution is -0.385. The normalized spacial score (nSPS) is 12.0. The molecule has 0 unspecified atom stereocenters. The molecule has 0 aliphatic carbocycles. The zero-order chi connectivity index (χ0) is 18.6. The molecule has 0 spiro atoms. The zero-order valence-electron chi connectivity index (χ0n) is 13.7. The number of nitrogens with zero attached hydrogens (tertiary/aromatic N) is 2. The molecule has 0 aromatic heterocycles. The fourth-order valence-corrected chi connectivity index (χ4v) is 2.88. The predicted octanol–water partition coefficient (Wildman–Crippen LogP) is 3.93. The number of nitro groups is 1. The summed E-state index contributed by atoms with van der Waals surface area (Å²) in [6.45, 7) is 0.245. The Morgan fingerprint density at radius 3 is 2.52 bits per heavy atom. The topological polar surface area (TPSA) is 75.5 Å². The number of halogens is 2. The van der Waals surface area contributed by atoms with Crippen LogP contribution in [0.2, 0.25) is 10.0 Å². The maximum absolute atomic E-state index is 12.4. The quantitative estimate of drug-likeness (QED) is 0.607. The number of likely N-dealkylation sites (N-methyl/N-ethyl adjacent to an activating group) is 1. The standard InChI is InChI=1S/C17H17Cl2N3O3/c1-21(2)16(12-5-3-4-6-14(12)19)10-20-17(23)13-8-7-11(18)9-15(13)22(24)25/h3-9,16H,10H2,1-2H3,(H,20,23)/t16-/m0/s1. The third-order valence-electron chi connectivity index (χ3n) is 3.74. The van der Waals surface area contributed by atoms with Gasteiger partial charge in [0, 0.05) is 22.7 Å². The minimum Gasteiger partial charge on any atom is -0.350 e. The number of nitrogens with one attached hydrogen (secondary N) is 1. The van der Waals surface area contributed by atoms with Crippen LogP contribution in [0.3, 0.4) is 0 Å². The Morgan fingerprint density at radius 2 is 1.92 bits per heavy atom. The molecule has 0 saturated heterocycles. The van der Waals surface area contributed by atoms with Gasteiger partial charge >= 0.3 is 0 Å². The van der Waals surface area contributed by atoms with Crippen molar-refractivity contribution in [2.45, 2.75) is 6.04 Å². The van der Waals surface area contributed by atoms with Crippen LogP contribution in [0.15, 0.2) is 42.5 Å². The molecule has 2 aromatic rings. The average Bonchev–Trinajstić information content (AvgIpc) is 2.56. The van der Waals surface area contributed by atoms with E-state index in [-0.39, 0.29) is 28.9 Å². The van der Waals surface area contributed by atoms with Gasteiger partial charge in [0.1, 0.15) is 5.56 Å². The van der Waals surface area contributed by atoms with Gasteiger partial charge in [-0.2, -0.15) is 0 Å². The molecule has 1 atom stereocenters. The summed E-state index contributed by atoms with van der Waals surface area (Å²) < 4.78 is 0. The monoisotopic (exact) mass is 381 g/mol. The van der Waals surface area contributed by atoms with E-state index < -0.39 is 10.8 Å². The van der Waals surface area contributed by atoms with E-state index >= 15 is 0 Å². The smallest absolute Gasteiger partial charge is 0.283 e. The van der Waals surface area contributed by atoms with Crippen LogP contribution in [-0.2, 0) is 0 Å². The average molecular weight is 382 g/mol. The molecule has 1 N–H and O–H groups in total. The minimum atomic E-state index is -0.627. The lowest BCUT2D eigenvalue weighted by atomic mass is 10.1. The highest BCUT2D eigenvalue weighted by molar-refractivity contribution is 6.31. The van der Waals surface area contributed by atoms with Gasteiger partial charge in [-0.1, -0.05) is 41.4 Å². The van der Waals surface area contributed by atoms with E-state index in [9.17, 15) is 14.9 Å². The lowest BCUT2D eigenvalue weighted by Crippen LogP contribution is -2.35. The van der Waals surface area contributed by atoms with Crippen molar-refractivity contribution in [1.29, 1.82) is 0 Å². The maximum Gasteiger partial charge on any atom is 0.283 e. The molecule has 0 fully saturated rings. The molecule has 0 aliphatic rings. The molecule has 0 bridgehead atoms. The second-order valence-corrected chi connectivity index (χ2v) is 6.47. The van der Waals surface area contributed by atoms with Crippen molar-refractivity contribution in [2.24, 2.45) is 0 Å². The largest absolute Gasteiger partial charge is 0.350 e. The van der Waals surface area contributed by atoms with Crippen LogP contribution < -0.4 is 5.32 Å². The van der Waals surface area contributed by atoms with E-state index in [4.69, 9.17) is 23.2 Å². The van der Waals surface area contributed by atoms with Gasteiger partial charge in [0.2, 0.25) is 0 Å². The van der Waals surface area contributed by atoms with E-state index in [2.05, 4.69) is 5.32 Å². The van der Waals surface area contributed by atoms with Gasteiger partial charge in [0.25, 0.3) is 11.6 Å². The maximum atomic E-state index is 12.4. The number of hydrogen-bond donors (Lipinski definition) is 1. The molecule has 132 valence electrons. The molecular weight excluding hydrogens is 365 g/mol.